The maximum atomic E-state index is 12.7. The first-order valence-electron chi connectivity index (χ1n) is 8.35. The van der Waals surface area contributed by atoms with Gasteiger partial charge in [0, 0.05) is 12.1 Å². The molecule has 2 aromatic rings. The van der Waals surface area contributed by atoms with Crippen molar-refractivity contribution in [3.63, 3.8) is 0 Å². The van der Waals surface area contributed by atoms with Crippen LogP contribution in [-0.2, 0) is 4.79 Å². The minimum atomic E-state index is -0.637. The molecule has 2 aromatic carbocycles. The molecule has 0 saturated heterocycles. The molecule has 0 heterocycles. The molecule has 6 heteroatoms. The lowest BCUT2D eigenvalue weighted by Crippen LogP contribution is -2.32. The molecule has 0 radical (unpaired) electrons. The molecule has 0 aromatic heterocycles. The van der Waals surface area contributed by atoms with E-state index in [9.17, 15) is 4.79 Å². The maximum Gasteiger partial charge on any atom is 0.265 e. The Bertz CT molecular complexity index is 792. The molecular weight excluding hydrogens is 354 g/mol. The first kappa shape index (κ1) is 19.9. The van der Waals surface area contributed by atoms with Crippen molar-refractivity contribution < 1.29 is 19.0 Å². The first-order valence-corrected chi connectivity index (χ1v) is 8.73. The number of hydrogen-bond donors (Lipinski definition) is 1. The third-order valence-electron chi connectivity index (χ3n) is 4.01. The molecule has 26 heavy (non-hydrogen) atoms. The minimum absolute atomic E-state index is 0.268. The van der Waals surface area contributed by atoms with Crippen LogP contribution < -0.4 is 19.5 Å². The van der Waals surface area contributed by atoms with Gasteiger partial charge in [-0.1, -0.05) is 30.7 Å². The van der Waals surface area contributed by atoms with E-state index in [4.69, 9.17) is 25.8 Å². The molecule has 0 bridgehead atoms. The summed E-state index contributed by atoms with van der Waals surface area (Å²) in [5, 5.41) is 3.24. The molecule has 0 spiro atoms. The van der Waals surface area contributed by atoms with Crippen LogP contribution in [-0.4, -0.2) is 26.2 Å². The lowest BCUT2D eigenvalue weighted by atomic mass is 10.1. The van der Waals surface area contributed by atoms with Gasteiger partial charge in [0.25, 0.3) is 5.91 Å². The van der Waals surface area contributed by atoms with Gasteiger partial charge in [0.05, 0.1) is 24.9 Å². The summed E-state index contributed by atoms with van der Waals surface area (Å²) >= 11 is 6.10. The number of aryl methyl sites for hydroxylation is 2. The van der Waals surface area contributed by atoms with Crippen molar-refractivity contribution in [1.29, 1.82) is 0 Å². The topological polar surface area (TPSA) is 56.8 Å². The van der Waals surface area contributed by atoms with Crippen LogP contribution in [0.2, 0.25) is 5.02 Å². The summed E-state index contributed by atoms with van der Waals surface area (Å²) in [7, 11) is 3.02. The highest BCUT2D eigenvalue weighted by Crippen LogP contribution is 2.36. The van der Waals surface area contributed by atoms with E-state index in [-0.39, 0.29) is 5.91 Å². The lowest BCUT2D eigenvalue weighted by molar-refractivity contribution is -0.122. The molecule has 0 fully saturated rings. The molecule has 5 nitrogen and oxygen atoms in total. The van der Waals surface area contributed by atoms with Crippen molar-refractivity contribution in [2.45, 2.75) is 33.3 Å². The molecule has 0 aliphatic heterocycles. The second-order valence-corrected chi connectivity index (χ2v) is 6.37. The second-order valence-electron chi connectivity index (χ2n) is 5.96. The van der Waals surface area contributed by atoms with E-state index in [2.05, 4.69) is 5.32 Å². The number of methoxy groups -OCH3 is 2. The van der Waals surface area contributed by atoms with Crippen molar-refractivity contribution in [2.75, 3.05) is 19.5 Å². The van der Waals surface area contributed by atoms with E-state index in [1.165, 1.54) is 14.2 Å². The highest BCUT2D eigenvalue weighted by atomic mass is 35.5. The average molecular weight is 378 g/mol. The van der Waals surface area contributed by atoms with Gasteiger partial charge in [-0.15, -0.1) is 0 Å². The summed E-state index contributed by atoms with van der Waals surface area (Å²) in [5.41, 5.74) is 2.53. The Morgan fingerprint density at radius 3 is 2.38 bits per heavy atom. The maximum absolute atomic E-state index is 12.7. The van der Waals surface area contributed by atoms with Gasteiger partial charge < -0.3 is 19.5 Å². The van der Waals surface area contributed by atoms with Crippen molar-refractivity contribution in [3.05, 3.63) is 46.5 Å². The fraction of sp³-hybridized carbons (Fsp3) is 0.350. The quantitative estimate of drug-likeness (QED) is 0.755. The zero-order chi connectivity index (χ0) is 19.3. The first-order chi connectivity index (χ1) is 12.4. The number of halogens is 1. The van der Waals surface area contributed by atoms with Gasteiger partial charge in [-0.3, -0.25) is 4.79 Å². The van der Waals surface area contributed by atoms with Crippen LogP contribution in [0.3, 0.4) is 0 Å². The van der Waals surface area contributed by atoms with Gasteiger partial charge in [-0.25, -0.2) is 0 Å². The van der Waals surface area contributed by atoms with Gasteiger partial charge in [0.15, 0.2) is 6.10 Å². The van der Waals surface area contributed by atoms with E-state index in [0.717, 1.165) is 11.1 Å². The number of carbonyl (C=O) groups is 1. The summed E-state index contributed by atoms with van der Waals surface area (Å²) < 4.78 is 16.5. The third kappa shape index (κ3) is 4.61. The highest BCUT2D eigenvalue weighted by Gasteiger charge is 2.21. The number of nitrogens with one attached hydrogen (secondary N) is 1. The molecule has 0 saturated carbocycles. The Kier molecular flexibility index (Phi) is 6.75. The van der Waals surface area contributed by atoms with Gasteiger partial charge in [-0.2, -0.15) is 0 Å². The van der Waals surface area contributed by atoms with Gasteiger partial charge in [0.2, 0.25) is 0 Å². The fourth-order valence-electron chi connectivity index (χ4n) is 2.48. The summed E-state index contributed by atoms with van der Waals surface area (Å²) in [6.45, 7) is 5.83. The summed E-state index contributed by atoms with van der Waals surface area (Å²) in [6.07, 6.45) is -0.117. The number of benzene rings is 2. The standard InChI is InChI=1S/C20H24ClNO4/c1-6-16(26-17-9-12(2)7-8-13(17)3)20(23)22-15-11-18(24-4)14(21)10-19(15)25-5/h7-11,16H,6H2,1-5H3,(H,22,23)/t16-/m1/s1. The third-order valence-corrected chi connectivity index (χ3v) is 4.30. The van der Waals surface area contributed by atoms with Crippen molar-refractivity contribution in [2.24, 2.45) is 0 Å². The van der Waals surface area contributed by atoms with E-state index in [0.29, 0.717) is 34.4 Å². The van der Waals surface area contributed by atoms with Crippen LogP contribution in [0.15, 0.2) is 30.3 Å². The monoisotopic (exact) mass is 377 g/mol. The second kappa shape index (κ2) is 8.81. The Labute approximate surface area is 159 Å². The van der Waals surface area contributed by atoms with Crippen LogP contribution in [0.1, 0.15) is 24.5 Å². The normalized spacial score (nSPS) is 11.6. The van der Waals surface area contributed by atoms with Crippen molar-refractivity contribution >= 4 is 23.2 Å². The summed E-state index contributed by atoms with van der Waals surface area (Å²) in [5.74, 6) is 1.33. The van der Waals surface area contributed by atoms with Crippen LogP contribution in [0.5, 0.6) is 17.2 Å². The number of carbonyl (C=O) groups excluding carboxylic acids is 1. The predicted octanol–water partition coefficient (Wildman–Crippen LogP) is 4.77. The molecule has 140 valence electrons. The molecule has 0 aliphatic carbocycles. The zero-order valence-corrected chi connectivity index (χ0v) is 16.4. The Morgan fingerprint density at radius 2 is 1.77 bits per heavy atom. The van der Waals surface area contributed by atoms with E-state index < -0.39 is 6.10 Å². The van der Waals surface area contributed by atoms with Crippen molar-refractivity contribution in [3.8, 4) is 17.2 Å². The Hall–Kier alpha value is -2.40. The fourth-order valence-corrected chi connectivity index (χ4v) is 2.71. The van der Waals surface area contributed by atoms with Crippen molar-refractivity contribution in [1.82, 2.24) is 0 Å². The molecule has 1 amide bonds. The minimum Gasteiger partial charge on any atom is -0.495 e. The molecule has 1 atom stereocenters. The van der Waals surface area contributed by atoms with Crippen LogP contribution in [0, 0.1) is 13.8 Å². The molecule has 2 rings (SSSR count). The van der Waals surface area contributed by atoms with Gasteiger partial charge in [0.1, 0.15) is 17.2 Å². The largest absolute Gasteiger partial charge is 0.495 e. The molecule has 0 aliphatic rings. The molecule has 0 unspecified atom stereocenters. The molecular formula is C20H24ClNO4. The number of ether oxygens (including phenoxy) is 3. The van der Waals surface area contributed by atoms with E-state index in [1.807, 2.05) is 39.0 Å². The number of hydrogen-bond acceptors (Lipinski definition) is 4. The number of anilines is 1. The number of rotatable bonds is 7. The SMILES string of the molecule is CC[C@@H](Oc1cc(C)ccc1C)C(=O)Nc1cc(OC)c(Cl)cc1OC. The zero-order valence-electron chi connectivity index (χ0n) is 15.7. The van der Waals surface area contributed by atoms with E-state index >= 15 is 0 Å². The smallest absolute Gasteiger partial charge is 0.265 e. The lowest BCUT2D eigenvalue weighted by Gasteiger charge is -2.20. The van der Waals surface area contributed by atoms with Crippen LogP contribution in [0.4, 0.5) is 5.69 Å². The van der Waals surface area contributed by atoms with Crippen LogP contribution in [0.25, 0.3) is 0 Å². The van der Waals surface area contributed by atoms with E-state index in [1.54, 1.807) is 12.1 Å². The Balaban J connectivity index is 2.23. The highest BCUT2D eigenvalue weighted by molar-refractivity contribution is 6.32. The van der Waals surface area contributed by atoms with Gasteiger partial charge in [-0.05, 0) is 37.5 Å². The van der Waals surface area contributed by atoms with Gasteiger partial charge >= 0.3 is 0 Å². The Morgan fingerprint density at radius 1 is 1.08 bits per heavy atom. The summed E-state index contributed by atoms with van der Waals surface area (Å²) in [4.78, 5) is 12.7. The molecule has 1 N–H and O–H groups in total. The average Bonchev–Trinajstić information content (AvgIpc) is 2.63. The summed E-state index contributed by atoms with van der Waals surface area (Å²) in [6, 6.07) is 9.14. The number of amides is 1. The van der Waals surface area contributed by atoms with Crippen LogP contribution >= 0.6 is 11.6 Å². The predicted molar refractivity (Wildman–Crippen MR) is 104 cm³/mol.